The third-order valence-corrected chi connectivity index (χ3v) is 6.82. The maximum absolute atomic E-state index is 13.3. The van der Waals surface area contributed by atoms with Crippen LogP contribution < -0.4 is 22.1 Å². The highest BCUT2D eigenvalue weighted by molar-refractivity contribution is 5.98. The number of carbonyl (C=O) groups excluding carboxylic acids is 2. The number of hydrogen-bond acceptors (Lipinski definition) is 5. The number of halogens is 3. The highest BCUT2D eigenvalue weighted by Crippen LogP contribution is 2.30. The van der Waals surface area contributed by atoms with Gasteiger partial charge in [0.05, 0.1) is 56.2 Å². The van der Waals surface area contributed by atoms with Crippen LogP contribution in [0.2, 0.25) is 0 Å². The Morgan fingerprint density at radius 3 is 2.48 bits per heavy atom. The summed E-state index contributed by atoms with van der Waals surface area (Å²) in [5.74, 6) is -1.00. The third-order valence-electron chi connectivity index (χ3n) is 6.82. The number of aryl methyl sites for hydroxylation is 1. The van der Waals surface area contributed by atoms with Crippen molar-refractivity contribution in [1.82, 2.24) is 10.3 Å². The van der Waals surface area contributed by atoms with E-state index in [1.165, 1.54) is 12.3 Å². The number of amides is 2. The van der Waals surface area contributed by atoms with Crippen molar-refractivity contribution in [2.45, 2.75) is 43.9 Å². The molecule has 3 rings (SSSR count). The number of alkyl halides is 3. The van der Waals surface area contributed by atoms with Crippen LogP contribution in [0.25, 0.3) is 10.9 Å². The van der Waals surface area contributed by atoms with E-state index >= 15 is 0 Å². The van der Waals surface area contributed by atoms with Gasteiger partial charge in [-0.05, 0) is 49.4 Å². The molecular weight excluding hydrogens is 521 g/mol. The number of hydrogen-bond donors (Lipinski definition) is 4. The predicted molar refractivity (Wildman–Crippen MR) is 150 cm³/mol. The van der Waals surface area contributed by atoms with Crippen LogP contribution in [0.3, 0.4) is 0 Å². The quantitative estimate of drug-likeness (QED) is 0.239. The zero-order valence-corrected chi connectivity index (χ0v) is 22.9. The molecule has 8 nitrogen and oxygen atoms in total. The average Bonchev–Trinajstić information content (AvgIpc) is 2.90. The monoisotopic (exact) mass is 559 g/mol. The van der Waals surface area contributed by atoms with Gasteiger partial charge in [-0.3, -0.25) is 14.6 Å². The summed E-state index contributed by atoms with van der Waals surface area (Å²) in [5, 5.41) is 6.32. The molecule has 0 saturated carbocycles. The van der Waals surface area contributed by atoms with Crippen LogP contribution in [0.1, 0.15) is 30.4 Å². The smallest absolute Gasteiger partial charge is 0.343 e. The molecule has 2 aromatic carbocycles. The number of nitrogens with two attached hydrogens (primary N) is 2. The fourth-order valence-corrected chi connectivity index (χ4v) is 4.46. The predicted octanol–water partition coefficient (Wildman–Crippen LogP) is 3.45. The van der Waals surface area contributed by atoms with Crippen LogP contribution in [-0.2, 0) is 22.2 Å². The van der Waals surface area contributed by atoms with Crippen LogP contribution in [0, 0.1) is 0 Å². The number of quaternary nitrogens is 1. The molecule has 0 unspecified atom stereocenters. The second-order valence-electron chi connectivity index (χ2n) is 10.6. The average molecular weight is 560 g/mol. The summed E-state index contributed by atoms with van der Waals surface area (Å²) in [6, 6.07) is 12.2. The molecule has 0 saturated heterocycles. The van der Waals surface area contributed by atoms with E-state index in [0.29, 0.717) is 35.1 Å². The number of carbonyl (C=O) groups is 2. The lowest BCUT2D eigenvalue weighted by molar-refractivity contribution is -0.889. The Balaban J connectivity index is 1.71. The summed E-state index contributed by atoms with van der Waals surface area (Å²) in [6.07, 6.45) is -1.65. The van der Waals surface area contributed by atoms with Gasteiger partial charge in [-0.1, -0.05) is 36.4 Å². The van der Waals surface area contributed by atoms with E-state index in [1.54, 1.807) is 12.1 Å². The minimum atomic E-state index is -4.48. The van der Waals surface area contributed by atoms with Crippen molar-refractivity contribution >= 4 is 28.4 Å². The number of pyridine rings is 1. The van der Waals surface area contributed by atoms with E-state index in [2.05, 4.69) is 15.6 Å². The van der Waals surface area contributed by atoms with Gasteiger partial charge < -0.3 is 26.6 Å². The Bertz CT molecular complexity index is 1300. The highest BCUT2D eigenvalue weighted by atomic mass is 19.4. The van der Waals surface area contributed by atoms with Gasteiger partial charge in [0.2, 0.25) is 11.8 Å². The van der Waals surface area contributed by atoms with Gasteiger partial charge in [0, 0.05) is 11.9 Å². The first-order valence-electron chi connectivity index (χ1n) is 13.3. The van der Waals surface area contributed by atoms with Gasteiger partial charge in [0.25, 0.3) is 0 Å². The minimum Gasteiger partial charge on any atom is -0.343 e. The molecule has 2 amide bonds. The lowest BCUT2D eigenvalue weighted by atomic mass is 10.0. The van der Waals surface area contributed by atoms with Crippen LogP contribution in [0.4, 0.5) is 18.9 Å². The summed E-state index contributed by atoms with van der Waals surface area (Å²) < 4.78 is 40.2. The fourth-order valence-electron chi connectivity index (χ4n) is 4.46. The van der Waals surface area contributed by atoms with E-state index in [1.807, 2.05) is 38.4 Å². The number of benzene rings is 2. The molecule has 0 radical (unpaired) electrons. The molecule has 0 fully saturated rings. The Labute approximate surface area is 232 Å². The second kappa shape index (κ2) is 13.7. The summed E-state index contributed by atoms with van der Waals surface area (Å²) in [6.45, 7) is 2.13. The second-order valence-corrected chi connectivity index (χ2v) is 10.6. The highest BCUT2D eigenvalue weighted by Gasteiger charge is 2.30. The zero-order chi connectivity index (χ0) is 29.3. The lowest BCUT2D eigenvalue weighted by Gasteiger charge is -2.29. The maximum Gasteiger partial charge on any atom is 0.416 e. The van der Waals surface area contributed by atoms with Crippen molar-refractivity contribution in [1.29, 1.82) is 0 Å². The number of para-hydroxylation sites is 1. The molecule has 40 heavy (non-hydrogen) atoms. The van der Waals surface area contributed by atoms with Gasteiger partial charge in [0.1, 0.15) is 6.04 Å². The van der Waals surface area contributed by atoms with Gasteiger partial charge in [0.15, 0.2) is 0 Å². The van der Waals surface area contributed by atoms with Crippen molar-refractivity contribution < 1.29 is 27.2 Å². The minimum absolute atomic E-state index is 0.0764. The van der Waals surface area contributed by atoms with Crippen molar-refractivity contribution in [3.8, 4) is 0 Å². The van der Waals surface area contributed by atoms with E-state index in [-0.39, 0.29) is 12.8 Å². The van der Waals surface area contributed by atoms with Crippen molar-refractivity contribution in [3.05, 3.63) is 71.9 Å². The molecule has 11 heteroatoms. The van der Waals surface area contributed by atoms with Crippen LogP contribution in [-0.4, -0.2) is 67.1 Å². The van der Waals surface area contributed by atoms with E-state index in [4.69, 9.17) is 11.5 Å². The van der Waals surface area contributed by atoms with E-state index in [9.17, 15) is 22.8 Å². The molecule has 0 aliphatic heterocycles. The van der Waals surface area contributed by atoms with Gasteiger partial charge >= 0.3 is 6.18 Å². The molecular formula is C29H38F3N6O2+. The molecule has 0 spiro atoms. The summed E-state index contributed by atoms with van der Waals surface area (Å²) in [7, 11) is 4.10. The van der Waals surface area contributed by atoms with Gasteiger partial charge in [-0.25, -0.2) is 0 Å². The Hall–Kier alpha value is -3.54. The SMILES string of the molecule is C[N+](C)(CCN)CCC[C@H](N)C(=O)N[C@H](CCc1cccc(C(F)(F)F)c1)C(=O)Nc1cnc2ccccc2c1. The number of anilines is 1. The summed E-state index contributed by atoms with van der Waals surface area (Å²) in [4.78, 5) is 30.6. The fraction of sp³-hybridized carbons (Fsp3) is 0.414. The molecule has 6 N–H and O–H groups in total. The van der Waals surface area contributed by atoms with Crippen LogP contribution in [0.15, 0.2) is 60.8 Å². The van der Waals surface area contributed by atoms with Crippen molar-refractivity contribution in [2.24, 2.45) is 11.5 Å². The lowest BCUT2D eigenvalue weighted by Crippen LogP contribution is -2.50. The standard InChI is InChI=1S/C29H37F3N6O2/c1-38(2,16-14-33)15-6-10-24(34)27(39)37-26(13-12-20-7-5-9-22(17-20)29(30,31)32)28(40)36-23-18-21-8-3-4-11-25(21)35-19-23/h3-5,7-9,11,17-19,24,26H,6,10,12-16,33-34H2,1-2H3,(H-,36,37,39,40)/p+1/t24-,26+/m0/s1. The van der Waals surface area contributed by atoms with Crippen molar-refractivity contribution in [3.63, 3.8) is 0 Å². The molecule has 1 aromatic heterocycles. The Kier molecular flexibility index (Phi) is 10.6. The summed E-state index contributed by atoms with van der Waals surface area (Å²) in [5.41, 5.74) is 12.6. The summed E-state index contributed by atoms with van der Waals surface area (Å²) >= 11 is 0. The number of nitrogens with zero attached hydrogens (tertiary/aromatic N) is 2. The number of fused-ring (bicyclic) bond motifs is 1. The molecule has 216 valence electrons. The molecule has 0 aliphatic carbocycles. The Morgan fingerprint density at radius 2 is 1.75 bits per heavy atom. The van der Waals surface area contributed by atoms with E-state index < -0.39 is 35.6 Å². The number of aromatic nitrogens is 1. The van der Waals surface area contributed by atoms with E-state index in [0.717, 1.165) is 36.1 Å². The largest absolute Gasteiger partial charge is 0.416 e. The topological polar surface area (TPSA) is 123 Å². The first-order chi connectivity index (χ1) is 18.9. The molecule has 0 bridgehead atoms. The number of nitrogens with one attached hydrogen (secondary N) is 2. The third kappa shape index (κ3) is 9.29. The maximum atomic E-state index is 13.3. The van der Waals surface area contributed by atoms with Crippen molar-refractivity contribution in [2.75, 3.05) is 39.0 Å². The normalized spacial score (nSPS) is 13.6. The Morgan fingerprint density at radius 1 is 1.00 bits per heavy atom. The van der Waals surface area contributed by atoms with Crippen LogP contribution in [0.5, 0.6) is 0 Å². The van der Waals surface area contributed by atoms with Gasteiger partial charge in [-0.15, -0.1) is 0 Å². The number of rotatable bonds is 13. The molecule has 3 aromatic rings. The first kappa shape index (κ1) is 31.0. The zero-order valence-electron chi connectivity index (χ0n) is 22.9. The van der Waals surface area contributed by atoms with Gasteiger partial charge in [-0.2, -0.15) is 13.2 Å². The number of likely N-dealkylation sites (N-methyl/N-ethyl adjacent to an activating group) is 1. The molecule has 0 aliphatic rings. The molecule has 1 heterocycles. The first-order valence-corrected chi connectivity index (χ1v) is 13.3. The van der Waals surface area contributed by atoms with Crippen LogP contribution >= 0.6 is 0 Å². The molecule has 2 atom stereocenters.